The van der Waals surface area contributed by atoms with E-state index in [9.17, 15) is 4.79 Å². The second kappa shape index (κ2) is 8.36. The summed E-state index contributed by atoms with van der Waals surface area (Å²) in [6.07, 6.45) is 3.54. The predicted octanol–water partition coefficient (Wildman–Crippen LogP) is 4.27. The highest BCUT2D eigenvalue weighted by Gasteiger charge is 2.28. The predicted molar refractivity (Wildman–Crippen MR) is 104 cm³/mol. The molecule has 1 fully saturated rings. The van der Waals surface area contributed by atoms with Crippen LogP contribution in [0.5, 0.6) is 0 Å². The molecule has 5 nitrogen and oxygen atoms in total. The Kier molecular flexibility index (Phi) is 6.17. The van der Waals surface area contributed by atoms with E-state index in [1.807, 2.05) is 24.3 Å². The first-order valence-electron chi connectivity index (χ1n) is 8.63. The fourth-order valence-corrected chi connectivity index (χ4v) is 4.09. The van der Waals surface area contributed by atoms with E-state index in [0.29, 0.717) is 34.6 Å². The zero-order valence-corrected chi connectivity index (χ0v) is 16.9. The van der Waals surface area contributed by atoms with Crippen LogP contribution in [0.3, 0.4) is 0 Å². The lowest BCUT2D eigenvalue weighted by Gasteiger charge is -2.34. The number of benzene rings is 1. The van der Waals surface area contributed by atoms with E-state index in [4.69, 9.17) is 0 Å². The average molecular weight is 423 g/mol. The molecule has 1 aromatic carbocycles. The number of rotatable bonds is 5. The van der Waals surface area contributed by atoms with E-state index in [1.54, 1.807) is 0 Å². The lowest BCUT2D eigenvalue weighted by atomic mass is 9.78. The van der Waals surface area contributed by atoms with Gasteiger partial charge in [-0.15, -0.1) is 5.10 Å². The van der Waals surface area contributed by atoms with Crippen molar-refractivity contribution in [2.75, 3.05) is 5.75 Å². The molecule has 1 aliphatic rings. The summed E-state index contributed by atoms with van der Waals surface area (Å²) in [5, 5.41) is 10.9. The van der Waals surface area contributed by atoms with Crippen LogP contribution in [0.15, 0.2) is 33.9 Å². The van der Waals surface area contributed by atoms with E-state index in [2.05, 4.69) is 50.3 Å². The van der Waals surface area contributed by atoms with Gasteiger partial charge in [0.05, 0.1) is 5.75 Å². The summed E-state index contributed by atoms with van der Waals surface area (Å²) in [5.41, 5.74) is 0.969. The summed E-state index contributed by atoms with van der Waals surface area (Å²) in [6.45, 7) is 4.51. The summed E-state index contributed by atoms with van der Waals surface area (Å²) in [7, 11) is 0. The van der Waals surface area contributed by atoms with E-state index in [1.165, 1.54) is 24.6 Å². The van der Waals surface area contributed by atoms with Crippen molar-refractivity contribution in [2.45, 2.75) is 44.3 Å². The molecule has 1 aliphatic carbocycles. The van der Waals surface area contributed by atoms with Crippen LogP contribution >= 0.6 is 27.7 Å². The molecule has 3 atom stereocenters. The van der Waals surface area contributed by atoms with Crippen molar-refractivity contribution < 1.29 is 4.79 Å². The number of thioether (sulfide) groups is 1. The van der Waals surface area contributed by atoms with Gasteiger partial charge in [0.2, 0.25) is 11.1 Å². The molecular weight excluding hydrogens is 400 g/mol. The maximum absolute atomic E-state index is 12.2. The number of H-pyrrole nitrogens is 1. The Morgan fingerprint density at radius 2 is 2.08 bits per heavy atom. The minimum atomic E-state index is 0.0611. The van der Waals surface area contributed by atoms with Crippen LogP contribution in [0.1, 0.15) is 33.1 Å². The largest absolute Gasteiger partial charge is 0.352 e. The van der Waals surface area contributed by atoms with Crippen LogP contribution in [0.25, 0.3) is 11.4 Å². The second-order valence-corrected chi connectivity index (χ2v) is 8.56. The minimum absolute atomic E-state index is 0.0611. The Morgan fingerprint density at radius 1 is 1.32 bits per heavy atom. The maximum atomic E-state index is 12.2. The fraction of sp³-hybridized carbons (Fsp3) is 0.500. The van der Waals surface area contributed by atoms with E-state index < -0.39 is 0 Å². The Bertz CT molecular complexity index is 718. The molecule has 0 saturated heterocycles. The number of hydrogen-bond acceptors (Lipinski definition) is 4. The van der Waals surface area contributed by atoms with Crippen LogP contribution < -0.4 is 5.32 Å². The van der Waals surface area contributed by atoms with Gasteiger partial charge in [0.15, 0.2) is 5.82 Å². The molecule has 0 aliphatic heterocycles. The Labute approximate surface area is 160 Å². The Hall–Kier alpha value is -1.34. The number of carbonyl (C=O) groups excluding carboxylic acids is 1. The first kappa shape index (κ1) is 18.5. The van der Waals surface area contributed by atoms with E-state index in [0.717, 1.165) is 16.5 Å². The van der Waals surface area contributed by atoms with Crippen LogP contribution in [0.2, 0.25) is 0 Å². The molecule has 1 heterocycles. The normalized spacial score (nSPS) is 23.4. The number of nitrogens with zero attached hydrogens (tertiary/aromatic N) is 2. The van der Waals surface area contributed by atoms with Crippen molar-refractivity contribution in [1.82, 2.24) is 20.5 Å². The van der Waals surface area contributed by atoms with Crippen molar-refractivity contribution in [3.63, 3.8) is 0 Å². The molecule has 1 aromatic heterocycles. The third-order valence-corrected chi connectivity index (χ3v) is 6.34. The molecule has 0 spiro atoms. The highest BCUT2D eigenvalue weighted by atomic mass is 79.9. The van der Waals surface area contributed by atoms with Gasteiger partial charge in [0, 0.05) is 16.1 Å². The zero-order chi connectivity index (χ0) is 17.8. The van der Waals surface area contributed by atoms with Gasteiger partial charge in [-0.2, -0.15) is 0 Å². The van der Waals surface area contributed by atoms with Gasteiger partial charge >= 0.3 is 0 Å². The summed E-state index contributed by atoms with van der Waals surface area (Å²) in [5.74, 6) is 2.33. The monoisotopic (exact) mass is 422 g/mol. The molecule has 1 saturated carbocycles. The molecule has 3 rings (SSSR count). The van der Waals surface area contributed by atoms with E-state index in [-0.39, 0.29) is 5.91 Å². The number of aromatic nitrogens is 3. The van der Waals surface area contributed by atoms with Crippen molar-refractivity contribution >= 4 is 33.6 Å². The van der Waals surface area contributed by atoms with Crippen LogP contribution in [-0.2, 0) is 4.79 Å². The molecular formula is C18H23BrN4OS. The van der Waals surface area contributed by atoms with Crippen molar-refractivity contribution in [2.24, 2.45) is 11.8 Å². The summed E-state index contributed by atoms with van der Waals surface area (Å²) >= 11 is 4.78. The highest BCUT2D eigenvalue weighted by Crippen LogP contribution is 2.29. The molecule has 2 aromatic rings. The molecule has 0 unspecified atom stereocenters. The Morgan fingerprint density at radius 3 is 2.84 bits per heavy atom. The standard InChI is InChI=1S/C18H23BrN4OS/c1-11-4-3-5-15(12(11)2)20-16(24)10-25-18-21-17(22-23-18)13-6-8-14(19)9-7-13/h6-9,11-12,15H,3-5,10H2,1-2H3,(H,20,24)(H,21,22,23)/t11-,12+,15-/m1/s1. The van der Waals surface area contributed by atoms with Gasteiger partial charge in [-0.3, -0.25) is 9.89 Å². The number of nitrogens with one attached hydrogen (secondary N) is 2. The van der Waals surface area contributed by atoms with Crippen LogP contribution in [0, 0.1) is 11.8 Å². The van der Waals surface area contributed by atoms with Gasteiger partial charge in [-0.1, -0.05) is 66.5 Å². The van der Waals surface area contributed by atoms with Gasteiger partial charge in [0.25, 0.3) is 0 Å². The Balaban J connectivity index is 1.52. The number of halogens is 1. The minimum Gasteiger partial charge on any atom is -0.352 e. The molecule has 0 bridgehead atoms. The van der Waals surface area contributed by atoms with Gasteiger partial charge < -0.3 is 5.32 Å². The quantitative estimate of drug-likeness (QED) is 0.705. The highest BCUT2D eigenvalue weighted by molar-refractivity contribution is 9.10. The lowest BCUT2D eigenvalue weighted by Crippen LogP contribution is -2.44. The third-order valence-electron chi connectivity index (χ3n) is 4.97. The third kappa shape index (κ3) is 4.85. The lowest BCUT2D eigenvalue weighted by molar-refractivity contribution is -0.120. The average Bonchev–Trinajstić information content (AvgIpc) is 3.07. The van der Waals surface area contributed by atoms with Crippen molar-refractivity contribution in [1.29, 1.82) is 0 Å². The summed E-state index contributed by atoms with van der Waals surface area (Å²) in [6, 6.07) is 8.16. The van der Waals surface area contributed by atoms with Crippen LogP contribution in [-0.4, -0.2) is 32.9 Å². The molecule has 0 radical (unpaired) electrons. The van der Waals surface area contributed by atoms with Crippen molar-refractivity contribution in [3.05, 3.63) is 28.7 Å². The smallest absolute Gasteiger partial charge is 0.230 e. The molecule has 25 heavy (non-hydrogen) atoms. The number of hydrogen-bond donors (Lipinski definition) is 2. The van der Waals surface area contributed by atoms with Gasteiger partial charge in [-0.25, -0.2) is 4.98 Å². The summed E-state index contributed by atoms with van der Waals surface area (Å²) < 4.78 is 1.02. The maximum Gasteiger partial charge on any atom is 0.230 e. The van der Waals surface area contributed by atoms with Crippen molar-refractivity contribution in [3.8, 4) is 11.4 Å². The topological polar surface area (TPSA) is 70.7 Å². The number of amides is 1. The second-order valence-electron chi connectivity index (χ2n) is 6.70. The van der Waals surface area contributed by atoms with Gasteiger partial charge in [-0.05, 0) is 30.4 Å². The molecule has 1 amide bonds. The summed E-state index contributed by atoms with van der Waals surface area (Å²) in [4.78, 5) is 16.7. The molecule has 2 N–H and O–H groups in total. The number of carbonyl (C=O) groups is 1. The van der Waals surface area contributed by atoms with E-state index >= 15 is 0 Å². The molecule has 134 valence electrons. The fourth-order valence-electron chi connectivity index (χ4n) is 3.21. The van der Waals surface area contributed by atoms with Gasteiger partial charge in [0.1, 0.15) is 0 Å². The first-order valence-corrected chi connectivity index (χ1v) is 10.4. The first-order chi connectivity index (χ1) is 12.0. The van der Waals surface area contributed by atoms with Crippen LogP contribution in [0.4, 0.5) is 0 Å². The molecule has 7 heteroatoms. The zero-order valence-electron chi connectivity index (χ0n) is 14.5. The number of aromatic amines is 1. The SMILES string of the molecule is C[C@H]1[C@H](C)CCC[C@H]1NC(=O)CSc1n[nH]c(-c2ccc(Br)cc2)n1.